The molecule has 0 atom stereocenters. The molecule has 0 fully saturated rings. The number of fused-ring (bicyclic) bond motifs is 1. The Labute approximate surface area is 172 Å². The number of nitrogens with zero attached hydrogens (tertiary/aromatic N) is 4. The van der Waals surface area contributed by atoms with E-state index in [9.17, 15) is 4.79 Å². The van der Waals surface area contributed by atoms with Crippen LogP contribution in [0.4, 0.5) is 11.4 Å². The fourth-order valence-corrected chi connectivity index (χ4v) is 3.42. The first-order chi connectivity index (χ1) is 14.1. The summed E-state index contributed by atoms with van der Waals surface area (Å²) in [7, 11) is 1.64. The van der Waals surface area contributed by atoms with Gasteiger partial charge < -0.3 is 15.4 Å². The number of primary amides is 1. The van der Waals surface area contributed by atoms with Crippen LogP contribution in [-0.2, 0) is 6.54 Å². The predicted octanol–water partition coefficient (Wildman–Crippen LogP) is 3.83. The van der Waals surface area contributed by atoms with Crippen LogP contribution in [0, 0.1) is 0 Å². The molecule has 0 saturated heterocycles. The van der Waals surface area contributed by atoms with Crippen LogP contribution >= 0.6 is 11.6 Å². The summed E-state index contributed by atoms with van der Waals surface area (Å²) >= 11 is 6.17. The van der Waals surface area contributed by atoms with E-state index in [2.05, 4.69) is 15.0 Å². The molecule has 1 amide bonds. The highest BCUT2D eigenvalue weighted by Gasteiger charge is 2.22. The van der Waals surface area contributed by atoms with Crippen LogP contribution in [0.15, 0.2) is 66.9 Å². The lowest BCUT2D eigenvalue weighted by Gasteiger charge is -2.25. The molecule has 0 bridgehead atoms. The molecule has 0 saturated carbocycles. The van der Waals surface area contributed by atoms with E-state index in [0.717, 1.165) is 22.7 Å². The monoisotopic (exact) mass is 407 g/mol. The Bertz CT molecular complexity index is 1160. The number of rotatable bonds is 6. The number of carbonyl (C=O) groups excluding carboxylic acids is 1. The minimum absolute atomic E-state index is 0.0231. The number of aromatic nitrogens is 3. The van der Waals surface area contributed by atoms with Gasteiger partial charge in [-0.05, 0) is 35.9 Å². The fourth-order valence-electron chi connectivity index (χ4n) is 3.16. The summed E-state index contributed by atoms with van der Waals surface area (Å²) in [6.45, 7) is 0.560. The summed E-state index contributed by atoms with van der Waals surface area (Å²) < 4.78 is 6.62. The average molecular weight is 408 g/mol. The van der Waals surface area contributed by atoms with Crippen LogP contribution in [0.1, 0.15) is 16.1 Å². The first-order valence-corrected chi connectivity index (χ1v) is 9.25. The van der Waals surface area contributed by atoms with E-state index < -0.39 is 5.91 Å². The molecule has 0 unspecified atom stereocenters. The maximum Gasteiger partial charge on any atom is 0.270 e. The van der Waals surface area contributed by atoms with Crippen molar-refractivity contribution in [2.75, 3.05) is 12.0 Å². The van der Waals surface area contributed by atoms with Crippen molar-refractivity contribution in [2.45, 2.75) is 6.54 Å². The van der Waals surface area contributed by atoms with Gasteiger partial charge in [0.25, 0.3) is 5.91 Å². The van der Waals surface area contributed by atoms with Gasteiger partial charge in [0, 0.05) is 12.2 Å². The van der Waals surface area contributed by atoms with Gasteiger partial charge in [-0.1, -0.05) is 41.9 Å². The van der Waals surface area contributed by atoms with Crippen molar-refractivity contribution >= 4 is 34.5 Å². The summed E-state index contributed by atoms with van der Waals surface area (Å²) in [6, 6.07) is 19.5. The third kappa shape index (κ3) is 3.60. The number of nitrogens with two attached hydrogens (primary N) is 1. The highest BCUT2D eigenvalue weighted by Crippen LogP contribution is 2.32. The topological polar surface area (TPSA) is 85.8 Å². The number of imidazole rings is 1. The van der Waals surface area contributed by atoms with Crippen LogP contribution < -0.4 is 15.4 Å². The Kier molecular flexibility index (Phi) is 5.05. The average Bonchev–Trinajstić information content (AvgIpc) is 3.09. The molecule has 0 aliphatic heterocycles. The summed E-state index contributed by atoms with van der Waals surface area (Å²) in [4.78, 5) is 18.2. The Hall–Kier alpha value is -3.58. The minimum Gasteiger partial charge on any atom is -0.497 e. The third-order valence-electron chi connectivity index (χ3n) is 4.55. The summed E-state index contributed by atoms with van der Waals surface area (Å²) in [5.41, 5.74) is 8.74. The largest absolute Gasteiger partial charge is 0.497 e. The van der Waals surface area contributed by atoms with Crippen molar-refractivity contribution in [3.63, 3.8) is 0 Å². The summed E-state index contributed by atoms with van der Waals surface area (Å²) in [6.07, 6.45) is 1.59. The second-order valence-electron chi connectivity index (χ2n) is 6.34. The molecule has 2 aromatic carbocycles. The summed E-state index contributed by atoms with van der Waals surface area (Å²) in [5, 5.41) is 4.24. The highest BCUT2D eigenvalue weighted by atomic mass is 35.5. The number of halogens is 1. The maximum absolute atomic E-state index is 11.8. The summed E-state index contributed by atoms with van der Waals surface area (Å²) in [5.74, 6) is 0.103. The van der Waals surface area contributed by atoms with E-state index in [1.165, 1.54) is 4.52 Å². The van der Waals surface area contributed by atoms with E-state index in [0.29, 0.717) is 12.2 Å². The van der Waals surface area contributed by atoms with Crippen LogP contribution in [-0.4, -0.2) is 27.6 Å². The molecular formula is C21H18ClN5O2. The standard InChI is InChI=1S/C21H18ClN5O2/c1-29-16-9-7-14(8-10-16)13-26(15-5-3-2-4-6-15)17-11-12-24-27-18(20(23)28)19(22)25-21(17)27/h2-12H,13H2,1H3,(H2,23,28). The van der Waals surface area contributed by atoms with E-state index in [4.69, 9.17) is 22.1 Å². The van der Waals surface area contributed by atoms with Crippen molar-refractivity contribution in [1.29, 1.82) is 0 Å². The van der Waals surface area contributed by atoms with Gasteiger partial charge >= 0.3 is 0 Å². The van der Waals surface area contributed by atoms with Crippen molar-refractivity contribution < 1.29 is 9.53 Å². The van der Waals surface area contributed by atoms with Crippen LogP contribution in [0.5, 0.6) is 5.75 Å². The zero-order valence-electron chi connectivity index (χ0n) is 15.6. The lowest BCUT2D eigenvalue weighted by atomic mass is 10.1. The SMILES string of the molecule is COc1ccc(CN(c2ccccc2)c2ccnn3c(C(N)=O)c(Cl)nc23)cc1. The number of benzene rings is 2. The number of hydrogen-bond acceptors (Lipinski definition) is 5. The molecule has 2 aromatic heterocycles. The molecule has 0 aliphatic carbocycles. The smallest absolute Gasteiger partial charge is 0.270 e. The van der Waals surface area contributed by atoms with Crippen molar-refractivity contribution in [3.05, 3.63) is 83.3 Å². The Morgan fingerprint density at radius 1 is 1.14 bits per heavy atom. The van der Waals surface area contributed by atoms with Crippen LogP contribution in [0.2, 0.25) is 5.15 Å². The number of para-hydroxylation sites is 1. The zero-order valence-corrected chi connectivity index (χ0v) is 16.4. The Balaban J connectivity index is 1.85. The van der Waals surface area contributed by atoms with Gasteiger partial charge in [0.05, 0.1) is 19.0 Å². The van der Waals surface area contributed by atoms with Crippen LogP contribution in [0.3, 0.4) is 0 Å². The molecule has 4 rings (SSSR count). The van der Waals surface area contributed by atoms with Gasteiger partial charge in [-0.15, -0.1) is 0 Å². The molecule has 0 spiro atoms. The first kappa shape index (κ1) is 18.8. The maximum atomic E-state index is 11.8. The molecule has 4 aromatic rings. The van der Waals surface area contributed by atoms with E-state index in [1.807, 2.05) is 60.7 Å². The number of ether oxygens (including phenoxy) is 1. The normalized spacial score (nSPS) is 10.8. The van der Waals surface area contributed by atoms with Gasteiger partial charge in [-0.2, -0.15) is 5.10 Å². The molecule has 2 heterocycles. The molecule has 146 valence electrons. The minimum atomic E-state index is -0.687. The van der Waals surface area contributed by atoms with Crippen molar-refractivity contribution in [2.24, 2.45) is 5.73 Å². The second-order valence-corrected chi connectivity index (χ2v) is 6.70. The Morgan fingerprint density at radius 3 is 2.52 bits per heavy atom. The molecule has 2 N–H and O–H groups in total. The first-order valence-electron chi connectivity index (χ1n) is 8.87. The number of amides is 1. The van der Waals surface area contributed by atoms with E-state index in [1.54, 1.807) is 13.3 Å². The van der Waals surface area contributed by atoms with E-state index >= 15 is 0 Å². The molecule has 8 heteroatoms. The molecular weight excluding hydrogens is 390 g/mol. The number of hydrogen-bond donors (Lipinski definition) is 1. The quantitative estimate of drug-likeness (QED) is 0.525. The van der Waals surface area contributed by atoms with E-state index in [-0.39, 0.29) is 10.8 Å². The van der Waals surface area contributed by atoms with Gasteiger partial charge in [-0.3, -0.25) is 4.79 Å². The predicted molar refractivity (Wildman–Crippen MR) is 112 cm³/mol. The second kappa shape index (κ2) is 7.81. The number of carbonyl (C=O) groups is 1. The third-order valence-corrected chi connectivity index (χ3v) is 4.81. The van der Waals surface area contributed by atoms with Gasteiger partial charge in [-0.25, -0.2) is 9.50 Å². The van der Waals surface area contributed by atoms with Gasteiger partial charge in [0.1, 0.15) is 5.75 Å². The lowest BCUT2D eigenvalue weighted by Crippen LogP contribution is -2.19. The van der Waals surface area contributed by atoms with Crippen molar-refractivity contribution in [1.82, 2.24) is 14.6 Å². The molecule has 0 aliphatic rings. The molecule has 7 nitrogen and oxygen atoms in total. The number of anilines is 2. The fraction of sp³-hybridized carbons (Fsp3) is 0.0952. The van der Waals surface area contributed by atoms with Crippen LogP contribution in [0.25, 0.3) is 5.65 Å². The Morgan fingerprint density at radius 2 is 1.86 bits per heavy atom. The molecule has 0 radical (unpaired) electrons. The zero-order chi connectivity index (χ0) is 20.4. The van der Waals surface area contributed by atoms with Crippen molar-refractivity contribution in [3.8, 4) is 5.75 Å². The number of methoxy groups -OCH3 is 1. The lowest BCUT2D eigenvalue weighted by molar-refractivity contribution is 0.0994. The van der Waals surface area contributed by atoms with Gasteiger partial charge in [0.15, 0.2) is 16.5 Å². The highest BCUT2D eigenvalue weighted by molar-refractivity contribution is 6.32. The molecule has 29 heavy (non-hydrogen) atoms. The van der Waals surface area contributed by atoms with Gasteiger partial charge in [0.2, 0.25) is 0 Å².